The molecule has 1 aromatic rings. The average Bonchev–Trinajstić information content (AvgIpc) is 2.38. The van der Waals surface area contributed by atoms with Gasteiger partial charge in [-0.25, -0.2) is 4.98 Å². The molecule has 7 heteroatoms. The molecule has 0 aliphatic carbocycles. The highest BCUT2D eigenvalue weighted by atomic mass is 35.5. The molecule has 2 heterocycles. The van der Waals surface area contributed by atoms with Crippen LogP contribution in [0, 0.1) is 10.1 Å². The first-order valence-electron chi connectivity index (χ1n) is 5.82. The van der Waals surface area contributed by atoms with E-state index in [-0.39, 0.29) is 10.7 Å². The fraction of sp³-hybridized carbons (Fsp3) is 0.545. The topological polar surface area (TPSA) is 68.1 Å². The van der Waals surface area contributed by atoms with Gasteiger partial charge < -0.3 is 5.32 Å². The fourth-order valence-electron chi connectivity index (χ4n) is 1.88. The highest BCUT2D eigenvalue weighted by Crippen LogP contribution is 2.28. The Bertz CT molecular complexity index is 438. The second-order valence-corrected chi connectivity index (χ2v) is 5.99. The fourth-order valence-corrected chi connectivity index (χ4v) is 3.27. The summed E-state index contributed by atoms with van der Waals surface area (Å²) in [5.41, 5.74) is -0.0664. The van der Waals surface area contributed by atoms with Crippen LogP contribution in [0.1, 0.15) is 19.3 Å². The molecule has 0 radical (unpaired) electrons. The Hall–Kier alpha value is -1.01. The third-order valence-corrected chi connectivity index (χ3v) is 4.41. The van der Waals surface area contributed by atoms with Crippen LogP contribution in [0.25, 0.3) is 0 Å². The van der Waals surface area contributed by atoms with Gasteiger partial charge >= 0.3 is 5.69 Å². The summed E-state index contributed by atoms with van der Waals surface area (Å²) in [6.07, 6.45) is 5.07. The minimum absolute atomic E-state index is 0.0664. The van der Waals surface area contributed by atoms with Crippen LogP contribution in [0.3, 0.4) is 0 Å². The monoisotopic (exact) mass is 287 g/mol. The van der Waals surface area contributed by atoms with Crippen molar-refractivity contribution in [1.29, 1.82) is 0 Å². The van der Waals surface area contributed by atoms with Gasteiger partial charge in [0.25, 0.3) is 0 Å². The van der Waals surface area contributed by atoms with Crippen LogP contribution in [-0.4, -0.2) is 27.5 Å². The Labute approximate surface area is 114 Å². The highest BCUT2D eigenvalue weighted by molar-refractivity contribution is 7.99. The summed E-state index contributed by atoms with van der Waals surface area (Å²) in [4.78, 5) is 14.4. The van der Waals surface area contributed by atoms with Crippen molar-refractivity contribution >= 4 is 34.9 Å². The smallest absolute Gasteiger partial charge is 0.312 e. The van der Waals surface area contributed by atoms with E-state index in [9.17, 15) is 10.1 Å². The normalized spacial score (nSPS) is 19.5. The molecule has 1 aliphatic heterocycles. The molecular weight excluding hydrogens is 274 g/mol. The number of thioether (sulfide) groups is 1. The molecular formula is C11H14ClN3O2S. The quantitative estimate of drug-likeness (QED) is 0.679. The molecule has 1 aliphatic rings. The average molecular weight is 288 g/mol. The maximum Gasteiger partial charge on any atom is 0.312 e. The number of nitro groups is 1. The van der Waals surface area contributed by atoms with Crippen LogP contribution in [0.4, 0.5) is 11.5 Å². The van der Waals surface area contributed by atoms with Crippen LogP contribution < -0.4 is 5.32 Å². The van der Waals surface area contributed by atoms with E-state index in [1.54, 1.807) is 0 Å². The molecule has 1 unspecified atom stereocenters. The Kier molecular flexibility index (Phi) is 4.66. The van der Waals surface area contributed by atoms with Gasteiger partial charge in [0, 0.05) is 24.1 Å². The van der Waals surface area contributed by atoms with E-state index in [4.69, 9.17) is 11.6 Å². The van der Waals surface area contributed by atoms with E-state index in [0.29, 0.717) is 17.6 Å². The summed E-state index contributed by atoms with van der Waals surface area (Å²) < 4.78 is 0. The van der Waals surface area contributed by atoms with Crippen molar-refractivity contribution in [2.45, 2.75) is 24.5 Å². The van der Waals surface area contributed by atoms with E-state index in [0.717, 1.165) is 6.42 Å². The maximum absolute atomic E-state index is 10.9. The summed E-state index contributed by atoms with van der Waals surface area (Å²) in [6.45, 7) is 0.708. The number of aromatic nitrogens is 1. The lowest BCUT2D eigenvalue weighted by atomic mass is 10.2. The Morgan fingerprint density at radius 3 is 3.11 bits per heavy atom. The molecule has 0 amide bonds. The molecule has 2 rings (SSSR count). The van der Waals surface area contributed by atoms with E-state index in [2.05, 4.69) is 10.3 Å². The zero-order valence-corrected chi connectivity index (χ0v) is 11.3. The second kappa shape index (κ2) is 6.24. The number of hydrogen-bond acceptors (Lipinski definition) is 5. The minimum Gasteiger partial charge on any atom is -0.363 e. The Balaban J connectivity index is 2.01. The van der Waals surface area contributed by atoms with E-state index in [1.807, 2.05) is 11.8 Å². The highest BCUT2D eigenvalue weighted by Gasteiger charge is 2.18. The van der Waals surface area contributed by atoms with Crippen molar-refractivity contribution in [3.63, 3.8) is 0 Å². The number of rotatable bonds is 4. The number of hydrogen-bond donors (Lipinski definition) is 1. The lowest BCUT2D eigenvalue weighted by Crippen LogP contribution is -2.20. The molecule has 98 valence electrons. The lowest BCUT2D eigenvalue weighted by Gasteiger charge is -2.21. The number of nitrogens with zero attached hydrogens (tertiary/aromatic N) is 2. The van der Waals surface area contributed by atoms with Gasteiger partial charge in [0.2, 0.25) is 5.82 Å². The molecule has 18 heavy (non-hydrogen) atoms. The van der Waals surface area contributed by atoms with Crippen molar-refractivity contribution in [2.24, 2.45) is 0 Å². The SMILES string of the molecule is O=[N+]([O-])c1cc(Cl)cnc1NCC1CCCCS1. The third-order valence-electron chi connectivity index (χ3n) is 2.80. The third kappa shape index (κ3) is 3.49. The summed E-state index contributed by atoms with van der Waals surface area (Å²) in [5.74, 6) is 1.47. The Morgan fingerprint density at radius 1 is 1.61 bits per heavy atom. The predicted octanol–water partition coefficient (Wildman–Crippen LogP) is 3.34. The van der Waals surface area contributed by atoms with Crippen molar-refractivity contribution in [2.75, 3.05) is 17.6 Å². The molecule has 0 bridgehead atoms. The molecule has 0 saturated carbocycles. The van der Waals surface area contributed by atoms with Crippen LogP contribution >= 0.6 is 23.4 Å². The molecule has 0 spiro atoms. The van der Waals surface area contributed by atoms with Crippen molar-refractivity contribution < 1.29 is 4.92 Å². The molecule has 1 fully saturated rings. The van der Waals surface area contributed by atoms with Crippen LogP contribution in [0.15, 0.2) is 12.3 Å². The number of nitrogens with one attached hydrogen (secondary N) is 1. The Morgan fingerprint density at radius 2 is 2.44 bits per heavy atom. The zero-order chi connectivity index (χ0) is 13.0. The van der Waals surface area contributed by atoms with Gasteiger partial charge in [-0.1, -0.05) is 18.0 Å². The number of pyridine rings is 1. The maximum atomic E-state index is 10.9. The first kappa shape index (κ1) is 13.4. The first-order valence-corrected chi connectivity index (χ1v) is 7.25. The standard InChI is InChI=1S/C11H14ClN3O2S/c12-8-5-10(15(16)17)11(13-6-8)14-7-9-3-1-2-4-18-9/h5-6,9H,1-4,7H2,(H,13,14). The van der Waals surface area contributed by atoms with E-state index >= 15 is 0 Å². The van der Waals surface area contributed by atoms with Gasteiger partial charge in [0.15, 0.2) is 0 Å². The van der Waals surface area contributed by atoms with Crippen LogP contribution in [-0.2, 0) is 0 Å². The van der Waals surface area contributed by atoms with Gasteiger partial charge in [-0.2, -0.15) is 11.8 Å². The van der Waals surface area contributed by atoms with E-state index in [1.165, 1.54) is 30.9 Å². The summed E-state index contributed by atoms with van der Waals surface area (Å²) in [5, 5.41) is 14.7. The number of anilines is 1. The lowest BCUT2D eigenvalue weighted by molar-refractivity contribution is -0.384. The van der Waals surface area contributed by atoms with Crippen molar-refractivity contribution in [1.82, 2.24) is 4.98 Å². The molecule has 5 nitrogen and oxygen atoms in total. The van der Waals surface area contributed by atoms with Gasteiger partial charge in [0.1, 0.15) is 0 Å². The van der Waals surface area contributed by atoms with Gasteiger partial charge in [-0.15, -0.1) is 0 Å². The summed E-state index contributed by atoms with van der Waals surface area (Å²) >= 11 is 7.62. The summed E-state index contributed by atoms with van der Waals surface area (Å²) in [6, 6.07) is 1.32. The van der Waals surface area contributed by atoms with Crippen LogP contribution in [0.2, 0.25) is 5.02 Å². The van der Waals surface area contributed by atoms with Gasteiger partial charge in [0.05, 0.1) is 9.95 Å². The summed E-state index contributed by atoms with van der Waals surface area (Å²) in [7, 11) is 0. The first-order chi connectivity index (χ1) is 8.66. The largest absolute Gasteiger partial charge is 0.363 e. The van der Waals surface area contributed by atoms with E-state index < -0.39 is 4.92 Å². The zero-order valence-electron chi connectivity index (χ0n) is 9.76. The molecule has 0 aromatic carbocycles. The molecule has 1 aromatic heterocycles. The molecule has 1 N–H and O–H groups in total. The van der Waals surface area contributed by atoms with Crippen molar-refractivity contribution in [3.05, 3.63) is 27.4 Å². The minimum atomic E-state index is -0.463. The van der Waals surface area contributed by atoms with Gasteiger partial charge in [-0.3, -0.25) is 10.1 Å². The molecule has 1 saturated heterocycles. The predicted molar refractivity (Wildman–Crippen MR) is 74.5 cm³/mol. The number of halogens is 1. The second-order valence-electron chi connectivity index (χ2n) is 4.15. The molecule has 1 atom stereocenters. The van der Waals surface area contributed by atoms with Gasteiger partial charge in [-0.05, 0) is 18.6 Å². The van der Waals surface area contributed by atoms with Crippen LogP contribution in [0.5, 0.6) is 0 Å². The van der Waals surface area contributed by atoms with Crippen molar-refractivity contribution in [3.8, 4) is 0 Å².